The number of aryl methyl sites for hydroxylation is 1. The molecule has 0 bridgehead atoms. The molecule has 0 fully saturated rings. The van der Waals surface area contributed by atoms with Gasteiger partial charge < -0.3 is 15.0 Å². The zero-order valence-electron chi connectivity index (χ0n) is 13.5. The second-order valence-electron chi connectivity index (χ2n) is 5.98. The lowest BCUT2D eigenvalue weighted by atomic mass is 10.1. The minimum absolute atomic E-state index is 0.0946. The Kier molecular flexibility index (Phi) is 5.31. The maximum atomic E-state index is 12.8. The van der Waals surface area contributed by atoms with E-state index in [0.717, 1.165) is 12.1 Å². The lowest BCUT2D eigenvalue weighted by Crippen LogP contribution is -2.26. The SMILES string of the molecule is CC(CCO)CNC(C)c1nc2cc(C(F)(F)F)ccc2n1C. The number of aliphatic hydroxyl groups excluding tert-OH is 1. The van der Waals surface area contributed by atoms with E-state index in [0.29, 0.717) is 35.7 Å². The summed E-state index contributed by atoms with van der Waals surface area (Å²) in [6, 6.07) is 3.52. The van der Waals surface area contributed by atoms with Crippen molar-refractivity contribution in [3.05, 3.63) is 29.6 Å². The fourth-order valence-corrected chi connectivity index (χ4v) is 2.57. The normalized spacial score (nSPS) is 15.1. The van der Waals surface area contributed by atoms with Crippen LogP contribution >= 0.6 is 0 Å². The highest BCUT2D eigenvalue weighted by molar-refractivity contribution is 5.77. The number of imidazole rings is 1. The number of aliphatic hydroxyl groups is 1. The van der Waals surface area contributed by atoms with E-state index >= 15 is 0 Å². The quantitative estimate of drug-likeness (QED) is 0.855. The van der Waals surface area contributed by atoms with Crippen LogP contribution in [0.2, 0.25) is 0 Å². The van der Waals surface area contributed by atoms with Crippen molar-refractivity contribution in [2.45, 2.75) is 32.5 Å². The van der Waals surface area contributed by atoms with Crippen molar-refractivity contribution in [3.63, 3.8) is 0 Å². The number of hydrogen-bond acceptors (Lipinski definition) is 3. The minimum Gasteiger partial charge on any atom is -0.396 e. The predicted octanol–water partition coefficient (Wildman–Crippen LogP) is 3.26. The van der Waals surface area contributed by atoms with Gasteiger partial charge >= 0.3 is 6.18 Å². The molecule has 2 aromatic rings. The van der Waals surface area contributed by atoms with Crippen LogP contribution in [-0.4, -0.2) is 27.8 Å². The van der Waals surface area contributed by atoms with Gasteiger partial charge in [0, 0.05) is 13.7 Å². The average molecular weight is 329 g/mol. The number of fused-ring (bicyclic) bond motifs is 1. The lowest BCUT2D eigenvalue weighted by Gasteiger charge is -2.17. The van der Waals surface area contributed by atoms with Crippen molar-refractivity contribution in [2.75, 3.05) is 13.2 Å². The highest BCUT2D eigenvalue weighted by Crippen LogP contribution is 2.31. The van der Waals surface area contributed by atoms with Gasteiger partial charge in [0.15, 0.2) is 0 Å². The number of benzene rings is 1. The maximum Gasteiger partial charge on any atom is 0.416 e. The van der Waals surface area contributed by atoms with Crippen molar-refractivity contribution in [2.24, 2.45) is 13.0 Å². The van der Waals surface area contributed by atoms with E-state index in [1.165, 1.54) is 6.07 Å². The monoisotopic (exact) mass is 329 g/mol. The Labute approximate surface area is 133 Å². The van der Waals surface area contributed by atoms with Gasteiger partial charge in [-0.05, 0) is 44.0 Å². The summed E-state index contributed by atoms with van der Waals surface area (Å²) in [5, 5.41) is 12.2. The first-order valence-corrected chi connectivity index (χ1v) is 7.61. The first kappa shape index (κ1) is 17.7. The van der Waals surface area contributed by atoms with Crippen molar-refractivity contribution < 1.29 is 18.3 Å². The summed E-state index contributed by atoms with van der Waals surface area (Å²) >= 11 is 0. The molecular weight excluding hydrogens is 307 g/mol. The first-order chi connectivity index (χ1) is 10.7. The van der Waals surface area contributed by atoms with E-state index in [2.05, 4.69) is 10.3 Å². The third kappa shape index (κ3) is 4.03. The van der Waals surface area contributed by atoms with Gasteiger partial charge in [-0.3, -0.25) is 0 Å². The van der Waals surface area contributed by atoms with Crippen LogP contribution in [0.15, 0.2) is 18.2 Å². The number of halogens is 3. The molecule has 0 saturated carbocycles. The molecular formula is C16H22F3N3O. The largest absolute Gasteiger partial charge is 0.416 e. The second-order valence-corrected chi connectivity index (χ2v) is 5.98. The van der Waals surface area contributed by atoms with Gasteiger partial charge in [-0.2, -0.15) is 13.2 Å². The summed E-state index contributed by atoms with van der Waals surface area (Å²) in [5.74, 6) is 1.00. The number of alkyl halides is 3. The summed E-state index contributed by atoms with van der Waals surface area (Å²) in [5.41, 5.74) is 0.325. The van der Waals surface area contributed by atoms with E-state index in [4.69, 9.17) is 5.11 Å². The molecule has 0 amide bonds. The molecule has 1 heterocycles. The van der Waals surface area contributed by atoms with Crippen molar-refractivity contribution in [1.82, 2.24) is 14.9 Å². The molecule has 0 aliphatic heterocycles. The number of nitrogens with one attached hydrogen (secondary N) is 1. The second kappa shape index (κ2) is 6.88. The Hall–Kier alpha value is -1.60. The predicted molar refractivity (Wildman–Crippen MR) is 83.0 cm³/mol. The highest BCUT2D eigenvalue weighted by atomic mass is 19.4. The Bertz CT molecular complexity index is 666. The van der Waals surface area contributed by atoms with E-state index in [1.807, 2.05) is 18.4 Å². The van der Waals surface area contributed by atoms with Crippen molar-refractivity contribution >= 4 is 11.0 Å². The van der Waals surface area contributed by atoms with Gasteiger partial charge in [0.05, 0.1) is 22.6 Å². The van der Waals surface area contributed by atoms with Crippen LogP contribution in [0.4, 0.5) is 13.2 Å². The Balaban J connectivity index is 2.22. The fourth-order valence-electron chi connectivity index (χ4n) is 2.57. The number of rotatable bonds is 6. The summed E-state index contributed by atoms with van der Waals surface area (Å²) in [4.78, 5) is 4.36. The first-order valence-electron chi connectivity index (χ1n) is 7.61. The molecule has 1 aromatic heterocycles. The third-order valence-corrected chi connectivity index (χ3v) is 4.02. The molecule has 23 heavy (non-hydrogen) atoms. The molecule has 7 heteroatoms. The Morgan fingerprint density at radius 2 is 2.00 bits per heavy atom. The minimum atomic E-state index is -4.37. The van der Waals surface area contributed by atoms with Gasteiger partial charge in [0.2, 0.25) is 0 Å². The Morgan fingerprint density at radius 1 is 1.30 bits per heavy atom. The molecule has 0 aliphatic carbocycles. The van der Waals surface area contributed by atoms with Crippen LogP contribution in [0.25, 0.3) is 11.0 Å². The number of hydrogen-bond donors (Lipinski definition) is 2. The Morgan fingerprint density at radius 3 is 2.61 bits per heavy atom. The lowest BCUT2D eigenvalue weighted by molar-refractivity contribution is -0.137. The summed E-state index contributed by atoms with van der Waals surface area (Å²) < 4.78 is 40.2. The standard InChI is InChI=1S/C16H22F3N3O/c1-10(6-7-23)9-20-11(2)15-21-13-8-12(16(17,18)19)4-5-14(13)22(15)3/h4-5,8,10-11,20,23H,6-7,9H2,1-3H3. The van der Waals surface area contributed by atoms with Crippen LogP contribution < -0.4 is 5.32 Å². The molecule has 2 rings (SSSR count). The number of aromatic nitrogens is 2. The van der Waals surface area contributed by atoms with Gasteiger partial charge in [-0.15, -0.1) is 0 Å². The van der Waals surface area contributed by atoms with E-state index in [9.17, 15) is 13.2 Å². The van der Waals surface area contributed by atoms with E-state index in [1.54, 1.807) is 7.05 Å². The molecule has 2 N–H and O–H groups in total. The zero-order valence-corrected chi connectivity index (χ0v) is 13.5. The molecule has 2 atom stereocenters. The molecule has 0 aliphatic rings. The number of nitrogens with zero attached hydrogens (tertiary/aromatic N) is 2. The van der Waals surface area contributed by atoms with Crippen LogP contribution in [0.1, 0.15) is 37.7 Å². The van der Waals surface area contributed by atoms with E-state index in [-0.39, 0.29) is 12.6 Å². The summed E-state index contributed by atoms with van der Waals surface area (Å²) in [6.07, 6.45) is -3.66. The highest BCUT2D eigenvalue weighted by Gasteiger charge is 2.31. The van der Waals surface area contributed by atoms with Crippen LogP contribution in [0.5, 0.6) is 0 Å². The van der Waals surface area contributed by atoms with Gasteiger partial charge in [-0.25, -0.2) is 4.98 Å². The molecule has 1 aromatic carbocycles. The summed E-state index contributed by atoms with van der Waals surface area (Å²) in [7, 11) is 1.80. The molecule has 0 saturated heterocycles. The van der Waals surface area contributed by atoms with Crippen molar-refractivity contribution in [1.29, 1.82) is 0 Å². The van der Waals surface area contributed by atoms with Crippen molar-refractivity contribution in [3.8, 4) is 0 Å². The van der Waals surface area contributed by atoms with Gasteiger partial charge in [0.1, 0.15) is 5.82 Å². The maximum absolute atomic E-state index is 12.8. The van der Waals surface area contributed by atoms with E-state index < -0.39 is 11.7 Å². The topological polar surface area (TPSA) is 50.1 Å². The van der Waals surface area contributed by atoms with Crippen LogP contribution in [-0.2, 0) is 13.2 Å². The zero-order chi connectivity index (χ0) is 17.2. The van der Waals surface area contributed by atoms with Crippen LogP contribution in [0, 0.1) is 5.92 Å². The van der Waals surface area contributed by atoms with Crippen LogP contribution in [0.3, 0.4) is 0 Å². The summed E-state index contributed by atoms with van der Waals surface area (Å²) in [6.45, 7) is 4.81. The molecule has 0 spiro atoms. The smallest absolute Gasteiger partial charge is 0.396 e. The molecule has 0 radical (unpaired) electrons. The van der Waals surface area contributed by atoms with Gasteiger partial charge in [0.25, 0.3) is 0 Å². The third-order valence-electron chi connectivity index (χ3n) is 4.02. The molecule has 128 valence electrons. The van der Waals surface area contributed by atoms with Gasteiger partial charge in [-0.1, -0.05) is 6.92 Å². The molecule has 2 unspecified atom stereocenters. The average Bonchev–Trinajstić information content (AvgIpc) is 2.81. The molecule has 4 nitrogen and oxygen atoms in total. The fraction of sp³-hybridized carbons (Fsp3) is 0.562.